The molecule has 1 fully saturated rings. The summed E-state index contributed by atoms with van der Waals surface area (Å²) in [6.07, 6.45) is 0. The number of halogens is 1. The highest BCUT2D eigenvalue weighted by Crippen LogP contribution is 2.18. The lowest BCUT2D eigenvalue weighted by Gasteiger charge is -2.36. The summed E-state index contributed by atoms with van der Waals surface area (Å²) >= 11 is 0. The first kappa shape index (κ1) is 21.5. The largest absolute Gasteiger partial charge is 0.497 e. The number of carbonyl (C=O) groups excluding carboxylic acids is 1. The molecule has 0 saturated carbocycles. The molecule has 25 heavy (non-hydrogen) atoms. The predicted molar refractivity (Wildman–Crippen MR) is 102 cm³/mol. The number of piperazine rings is 1. The molecule has 1 aromatic carbocycles. The highest BCUT2D eigenvalue weighted by Gasteiger charge is 2.26. The Kier molecular flexibility index (Phi) is 9.03. The molecule has 1 aliphatic rings. The minimum atomic E-state index is -0.395. The second kappa shape index (κ2) is 10.5. The lowest BCUT2D eigenvalue weighted by Crippen LogP contribution is -2.54. The van der Waals surface area contributed by atoms with Gasteiger partial charge in [0.15, 0.2) is 0 Å². The molecule has 1 heterocycles. The first-order valence-corrected chi connectivity index (χ1v) is 8.55. The SMILES string of the molecule is COc1cccc(OCCN2CCN(C(=O)[C@@H](N)C(C)C)CC2)c1.Cl. The van der Waals surface area contributed by atoms with Crippen molar-refractivity contribution in [1.29, 1.82) is 0 Å². The molecule has 0 spiro atoms. The number of methoxy groups -OCH3 is 1. The van der Waals surface area contributed by atoms with Crippen LogP contribution in [0.4, 0.5) is 0 Å². The molecule has 0 aromatic heterocycles. The summed E-state index contributed by atoms with van der Waals surface area (Å²) in [4.78, 5) is 16.4. The molecule has 1 amide bonds. The van der Waals surface area contributed by atoms with Crippen molar-refractivity contribution in [2.24, 2.45) is 11.7 Å². The minimum Gasteiger partial charge on any atom is -0.497 e. The summed E-state index contributed by atoms with van der Waals surface area (Å²) < 4.78 is 11.0. The summed E-state index contributed by atoms with van der Waals surface area (Å²) in [5.41, 5.74) is 5.96. The third-order valence-corrected chi connectivity index (χ3v) is 4.40. The number of ether oxygens (including phenoxy) is 2. The summed E-state index contributed by atoms with van der Waals surface area (Å²) in [6, 6.07) is 7.21. The van der Waals surface area contributed by atoms with E-state index in [1.54, 1.807) is 7.11 Å². The molecule has 2 rings (SSSR count). The number of hydrogen-bond acceptors (Lipinski definition) is 5. The third-order valence-electron chi connectivity index (χ3n) is 4.40. The van der Waals surface area contributed by atoms with Crippen molar-refractivity contribution in [2.45, 2.75) is 19.9 Å². The van der Waals surface area contributed by atoms with E-state index in [4.69, 9.17) is 15.2 Å². The summed E-state index contributed by atoms with van der Waals surface area (Å²) in [6.45, 7) is 8.61. The molecule has 6 nitrogen and oxygen atoms in total. The maximum absolute atomic E-state index is 12.3. The number of nitrogens with zero attached hydrogens (tertiary/aromatic N) is 2. The fourth-order valence-corrected chi connectivity index (χ4v) is 2.67. The smallest absolute Gasteiger partial charge is 0.239 e. The molecular formula is C18H30ClN3O3. The second-order valence-corrected chi connectivity index (χ2v) is 6.46. The van der Waals surface area contributed by atoms with Gasteiger partial charge in [-0.15, -0.1) is 12.4 Å². The van der Waals surface area contributed by atoms with Gasteiger partial charge in [0, 0.05) is 38.8 Å². The molecule has 1 aromatic rings. The van der Waals surface area contributed by atoms with Crippen molar-refractivity contribution in [3.63, 3.8) is 0 Å². The van der Waals surface area contributed by atoms with Gasteiger partial charge in [0.25, 0.3) is 0 Å². The quantitative estimate of drug-likeness (QED) is 0.788. The molecule has 1 atom stereocenters. The average molecular weight is 372 g/mol. The topological polar surface area (TPSA) is 68.0 Å². The first-order valence-electron chi connectivity index (χ1n) is 8.55. The van der Waals surface area contributed by atoms with Crippen molar-refractivity contribution >= 4 is 18.3 Å². The number of rotatable bonds is 7. The van der Waals surface area contributed by atoms with E-state index in [0.717, 1.165) is 44.2 Å². The zero-order valence-electron chi connectivity index (χ0n) is 15.3. The van der Waals surface area contributed by atoms with Gasteiger partial charge in [0.2, 0.25) is 5.91 Å². The molecule has 0 unspecified atom stereocenters. The van der Waals surface area contributed by atoms with Crippen LogP contribution in [0.2, 0.25) is 0 Å². The van der Waals surface area contributed by atoms with E-state index in [-0.39, 0.29) is 24.2 Å². The van der Waals surface area contributed by atoms with Crippen molar-refractivity contribution in [3.05, 3.63) is 24.3 Å². The van der Waals surface area contributed by atoms with Crippen molar-refractivity contribution < 1.29 is 14.3 Å². The van der Waals surface area contributed by atoms with Gasteiger partial charge < -0.3 is 20.1 Å². The van der Waals surface area contributed by atoms with Crippen molar-refractivity contribution in [3.8, 4) is 11.5 Å². The van der Waals surface area contributed by atoms with Gasteiger partial charge in [-0.3, -0.25) is 9.69 Å². The molecule has 1 aliphatic heterocycles. The Morgan fingerprint density at radius 2 is 1.84 bits per heavy atom. The summed E-state index contributed by atoms with van der Waals surface area (Å²) in [5, 5.41) is 0. The average Bonchev–Trinajstić information content (AvgIpc) is 2.61. The maximum Gasteiger partial charge on any atom is 0.239 e. The van der Waals surface area contributed by atoms with Crippen LogP contribution in [0.3, 0.4) is 0 Å². The van der Waals surface area contributed by atoms with Gasteiger partial charge in [-0.1, -0.05) is 19.9 Å². The van der Waals surface area contributed by atoms with E-state index < -0.39 is 6.04 Å². The highest BCUT2D eigenvalue weighted by molar-refractivity contribution is 5.85. The van der Waals surface area contributed by atoms with Crippen LogP contribution in [0.1, 0.15) is 13.8 Å². The number of amides is 1. The number of hydrogen-bond donors (Lipinski definition) is 1. The van der Waals surface area contributed by atoms with Crippen LogP contribution in [0.25, 0.3) is 0 Å². The summed E-state index contributed by atoms with van der Waals surface area (Å²) in [5.74, 6) is 1.84. The van der Waals surface area contributed by atoms with Crippen LogP contribution in [0.15, 0.2) is 24.3 Å². The maximum atomic E-state index is 12.3. The lowest BCUT2D eigenvalue weighted by molar-refractivity contribution is -0.135. The zero-order valence-corrected chi connectivity index (χ0v) is 16.1. The molecule has 0 aliphatic carbocycles. The Morgan fingerprint density at radius 3 is 2.44 bits per heavy atom. The van der Waals surface area contributed by atoms with Crippen molar-refractivity contribution in [2.75, 3.05) is 46.4 Å². The Labute approximate surface area is 156 Å². The van der Waals surface area contributed by atoms with E-state index in [1.807, 2.05) is 43.0 Å². The lowest BCUT2D eigenvalue weighted by atomic mass is 10.0. The molecule has 0 radical (unpaired) electrons. The molecular weight excluding hydrogens is 342 g/mol. The van der Waals surface area contributed by atoms with E-state index >= 15 is 0 Å². The monoisotopic (exact) mass is 371 g/mol. The molecule has 0 bridgehead atoms. The van der Waals surface area contributed by atoms with Gasteiger partial charge >= 0.3 is 0 Å². The molecule has 1 saturated heterocycles. The van der Waals surface area contributed by atoms with Crippen LogP contribution in [-0.4, -0.2) is 68.2 Å². The number of benzene rings is 1. The third kappa shape index (κ3) is 6.38. The number of carbonyl (C=O) groups is 1. The highest BCUT2D eigenvalue weighted by atomic mass is 35.5. The molecule has 142 valence electrons. The zero-order chi connectivity index (χ0) is 17.5. The summed E-state index contributed by atoms with van der Waals surface area (Å²) in [7, 11) is 1.64. The van der Waals surface area contributed by atoms with Gasteiger partial charge in [0.05, 0.1) is 13.2 Å². The van der Waals surface area contributed by atoms with Gasteiger partial charge in [-0.2, -0.15) is 0 Å². The fraction of sp³-hybridized carbons (Fsp3) is 0.611. The first-order chi connectivity index (χ1) is 11.5. The number of nitrogens with two attached hydrogens (primary N) is 1. The predicted octanol–water partition coefficient (Wildman–Crippen LogP) is 1.62. The van der Waals surface area contributed by atoms with Gasteiger partial charge in [0.1, 0.15) is 18.1 Å². The van der Waals surface area contributed by atoms with Crippen LogP contribution in [0.5, 0.6) is 11.5 Å². The van der Waals surface area contributed by atoms with E-state index in [9.17, 15) is 4.79 Å². The van der Waals surface area contributed by atoms with E-state index in [0.29, 0.717) is 6.61 Å². The Balaban J connectivity index is 0.00000312. The standard InChI is InChI=1S/C18H29N3O3.ClH/c1-14(2)17(19)18(22)21-9-7-20(8-10-21)11-12-24-16-6-4-5-15(13-16)23-3;/h4-6,13-14,17H,7-12,19H2,1-3H3;1H/t17-;/m0./s1. The van der Waals surface area contributed by atoms with E-state index in [2.05, 4.69) is 4.90 Å². The Morgan fingerprint density at radius 1 is 1.20 bits per heavy atom. The minimum absolute atomic E-state index is 0. The van der Waals surface area contributed by atoms with Crippen LogP contribution >= 0.6 is 12.4 Å². The fourth-order valence-electron chi connectivity index (χ4n) is 2.67. The van der Waals surface area contributed by atoms with Gasteiger partial charge in [-0.25, -0.2) is 0 Å². The van der Waals surface area contributed by atoms with Crippen LogP contribution in [0, 0.1) is 5.92 Å². The van der Waals surface area contributed by atoms with Crippen LogP contribution in [-0.2, 0) is 4.79 Å². The van der Waals surface area contributed by atoms with Crippen molar-refractivity contribution in [1.82, 2.24) is 9.80 Å². The van der Waals surface area contributed by atoms with E-state index in [1.165, 1.54) is 0 Å². The Hall–Kier alpha value is -1.50. The van der Waals surface area contributed by atoms with Crippen LogP contribution < -0.4 is 15.2 Å². The molecule has 7 heteroatoms. The Bertz CT molecular complexity index is 534. The second-order valence-electron chi connectivity index (χ2n) is 6.46. The molecule has 2 N–H and O–H groups in total. The van der Waals surface area contributed by atoms with Gasteiger partial charge in [-0.05, 0) is 18.1 Å². The normalized spacial score (nSPS) is 16.3.